The Hall–Kier alpha value is -1.79. The Morgan fingerprint density at radius 1 is 1.06 bits per heavy atom. The van der Waals surface area contributed by atoms with Crippen LogP contribution in [0, 0.1) is 5.92 Å². The van der Waals surface area contributed by atoms with Gasteiger partial charge < -0.3 is 14.2 Å². The van der Waals surface area contributed by atoms with E-state index in [0.717, 1.165) is 61.3 Å². The molecular weight excluding hydrogens is 406 g/mol. The monoisotopic (exact) mass is 439 g/mol. The summed E-state index contributed by atoms with van der Waals surface area (Å²) in [6.45, 7) is 2.58. The lowest BCUT2D eigenvalue weighted by atomic mass is 9.78. The van der Waals surface area contributed by atoms with Gasteiger partial charge in [0.15, 0.2) is 5.16 Å². The number of likely N-dealkylation sites (tertiary alicyclic amines) is 1. The van der Waals surface area contributed by atoms with Gasteiger partial charge in [0.05, 0.1) is 30.3 Å². The largest absolute Gasteiger partial charge is 0.376 e. The second kappa shape index (κ2) is 9.78. The Morgan fingerprint density at radius 3 is 2.74 bits per heavy atom. The highest BCUT2D eigenvalue weighted by molar-refractivity contribution is 7.99. The van der Waals surface area contributed by atoms with E-state index >= 15 is 0 Å². The minimum Gasteiger partial charge on any atom is -0.376 e. The van der Waals surface area contributed by atoms with Crippen LogP contribution in [-0.2, 0) is 16.1 Å². The predicted molar refractivity (Wildman–Crippen MR) is 124 cm³/mol. The second-order valence-corrected chi connectivity index (χ2v) is 10.1. The van der Waals surface area contributed by atoms with E-state index in [1.807, 2.05) is 12.3 Å². The summed E-state index contributed by atoms with van der Waals surface area (Å²) in [4.78, 5) is 20.1. The van der Waals surface area contributed by atoms with Crippen LogP contribution in [0.15, 0.2) is 41.7 Å². The van der Waals surface area contributed by atoms with Gasteiger partial charge in [-0.1, -0.05) is 54.9 Å². The molecule has 1 amide bonds. The Bertz CT molecular complexity index is 876. The smallest absolute Gasteiger partial charge is 0.233 e. The van der Waals surface area contributed by atoms with Crippen LogP contribution in [0.5, 0.6) is 0 Å². The number of benzene rings is 1. The molecule has 1 saturated carbocycles. The first-order chi connectivity index (χ1) is 15.3. The van der Waals surface area contributed by atoms with Crippen LogP contribution >= 0.6 is 11.8 Å². The minimum absolute atomic E-state index is 0.233. The molecule has 3 fully saturated rings. The summed E-state index contributed by atoms with van der Waals surface area (Å²) in [6.07, 6.45) is 11.9. The van der Waals surface area contributed by atoms with Gasteiger partial charge in [-0.05, 0) is 50.0 Å². The number of carbonyl (C=O) groups is 1. The number of hydrogen-bond acceptors (Lipinski definition) is 4. The van der Waals surface area contributed by atoms with Crippen molar-refractivity contribution in [3.8, 4) is 11.3 Å². The number of fused-ring (bicyclic) bond motifs is 1. The van der Waals surface area contributed by atoms with Crippen molar-refractivity contribution in [2.24, 2.45) is 5.92 Å². The van der Waals surface area contributed by atoms with Crippen LogP contribution in [0.4, 0.5) is 0 Å². The molecule has 31 heavy (non-hydrogen) atoms. The fraction of sp³-hybridized carbons (Fsp3) is 0.600. The zero-order valence-corrected chi connectivity index (χ0v) is 19.1. The number of nitrogens with zero attached hydrogens (tertiary/aromatic N) is 3. The van der Waals surface area contributed by atoms with Crippen molar-refractivity contribution in [3.63, 3.8) is 0 Å². The van der Waals surface area contributed by atoms with Crippen LogP contribution in [0.3, 0.4) is 0 Å². The molecule has 0 N–H and O–H groups in total. The minimum atomic E-state index is 0.233. The van der Waals surface area contributed by atoms with Crippen LogP contribution in [-0.4, -0.2) is 51.4 Å². The summed E-state index contributed by atoms with van der Waals surface area (Å²) < 4.78 is 8.19. The van der Waals surface area contributed by atoms with E-state index in [9.17, 15) is 4.79 Å². The van der Waals surface area contributed by atoms with Gasteiger partial charge in [-0.15, -0.1) is 0 Å². The van der Waals surface area contributed by atoms with E-state index in [1.165, 1.54) is 32.1 Å². The Labute approximate surface area is 189 Å². The molecule has 3 unspecified atom stereocenters. The third-order valence-corrected chi connectivity index (χ3v) is 8.16. The summed E-state index contributed by atoms with van der Waals surface area (Å²) in [6, 6.07) is 10.9. The summed E-state index contributed by atoms with van der Waals surface area (Å²) in [5.41, 5.74) is 2.27. The third kappa shape index (κ3) is 4.70. The summed E-state index contributed by atoms with van der Waals surface area (Å²) in [7, 11) is 0. The number of hydrogen-bond donors (Lipinski definition) is 0. The first-order valence-corrected chi connectivity index (χ1v) is 12.9. The topological polar surface area (TPSA) is 47.4 Å². The van der Waals surface area contributed by atoms with Crippen molar-refractivity contribution in [2.75, 3.05) is 18.9 Å². The lowest BCUT2D eigenvalue weighted by molar-refractivity contribution is -0.134. The SMILES string of the molecule is O=C(CSc1ncc(-c2ccccc2)n1CC1CCCO1)N1CCCC2CCCCC21. The number of imidazole rings is 1. The molecule has 2 aromatic rings. The molecule has 1 aromatic heterocycles. The van der Waals surface area contributed by atoms with Gasteiger partial charge in [-0.2, -0.15) is 0 Å². The van der Waals surface area contributed by atoms with Crippen LogP contribution < -0.4 is 0 Å². The molecule has 3 heterocycles. The number of aromatic nitrogens is 2. The van der Waals surface area contributed by atoms with Gasteiger partial charge in [0, 0.05) is 19.2 Å². The molecule has 0 bridgehead atoms. The standard InChI is InChI=1S/C25H33N3O2S/c29-24(27-14-6-11-19-10-4-5-13-22(19)27)18-31-25-26-16-23(20-8-2-1-3-9-20)28(25)17-21-12-7-15-30-21/h1-3,8-9,16,19,21-22H,4-7,10-15,17-18H2. The molecular formula is C25H33N3O2S. The van der Waals surface area contributed by atoms with E-state index < -0.39 is 0 Å². The third-order valence-electron chi connectivity index (χ3n) is 7.19. The molecule has 1 aliphatic carbocycles. The van der Waals surface area contributed by atoms with Crippen molar-refractivity contribution in [1.29, 1.82) is 0 Å². The molecule has 6 heteroatoms. The quantitative estimate of drug-likeness (QED) is 0.594. The Kier molecular flexibility index (Phi) is 6.65. The van der Waals surface area contributed by atoms with Crippen molar-refractivity contribution in [3.05, 3.63) is 36.5 Å². The molecule has 166 valence electrons. The number of thioether (sulfide) groups is 1. The van der Waals surface area contributed by atoms with E-state index in [2.05, 4.69) is 33.7 Å². The van der Waals surface area contributed by atoms with Gasteiger partial charge in [0.1, 0.15) is 0 Å². The maximum absolute atomic E-state index is 13.2. The maximum atomic E-state index is 13.2. The average molecular weight is 440 g/mol. The zero-order valence-electron chi connectivity index (χ0n) is 18.2. The average Bonchev–Trinajstić information content (AvgIpc) is 3.48. The van der Waals surface area contributed by atoms with Gasteiger partial charge in [0.2, 0.25) is 5.91 Å². The van der Waals surface area contributed by atoms with E-state index in [1.54, 1.807) is 11.8 Å². The summed E-state index contributed by atoms with van der Waals surface area (Å²) in [5.74, 6) is 1.48. The van der Waals surface area contributed by atoms with Crippen molar-refractivity contribution in [1.82, 2.24) is 14.5 Å². The molecule has 3 aliphatic rings. The van der Waals surface area contributed by atoms with Crippen LogP contribution in [0.2, 0.25) is 0 Å². The van der Waals surface area contributed by atoms with Crippen LogP contribution in [0.1, 0.15) is 51.4 Å². The predicted octanol–water partition coefficient (Wildman–Crippen LogP) is 5.00. The molecule has 5 rings (SSSR count). The number of carbonyl (C=O) groups excluding carboxylic acids is 1. The molecule has 3 atom stereocenters. The molecule has 0 spiro atoms. The molecule has 5 nitrogen and oxygen atoms in total. The Balaban J connectivity index is 1.31. The van der Waals surface area contributed by atoms with E-state index in [-0.39, 0.29) is 12.0 Å². The lowest BCUT2D eigenvalue weighted by Crippen LogP contribution is -2.50. The summed E-state index contributed by atoms with van der Waals surface area (Å²) >= 11 is 1.59. The van der Waals surface area contributed by atoms with Gasteiger partial charge in [-0.3, -0.25) is 4.79 Å². The second-order valence-electron chi connectivity index (χ2n) is 9.17. The molecule has 0 radical (unpaired) electrons. The number of amides is 1. The number of ether oxygens (including phenoxy) is 1. The number of rotatable bonds is 6. The zero-order chi connectivity index (χ0) is 21.0. The number of piperidine rings is 1. The molecule has 2 saturated heterocycles. The normalized spacial score (nSPS) is 26.1. The van der Waals surface area contributed by atoms with E-state index in [0.29, 0.717) is 11.8 Å². The van der Waals surface area contributed by atoms with Crippen molar-refractivity contribution < 1.29 is 9.53 Å². The van der Waals surface area contributed by atoms with Crippen LogP contribution in [0.25, 0.3) is 11.3 Å². The highest BCUT2D eigenvalue weighted by Crippen LogP contribution is 2.36. The fourth-order valence-corrected chi connectivity index (χ4v) is 6.50. The highest BCUT2D eigenvalue weighted by atomic mass is 32.2. The molecule has 1 aromatic carbocycles. The first-order valence-electron chi connectivity index (χ1n) is 11.9. The van der Waals surface area contributed by atoms with Gasteiger partial charge >= 0.3 is 0 Å². The molecule has 2 aliphatic heterocycles. The highest BCUT2D eigenvalue weighted by Gasteiger charge is 2.35. The Morgan fingerprint density at radius 2 is 1.90 bits per heavy atom. The van der Waals surface area contributed by atoms with Crippen molar-refractivity contribution in [2.45, 2.75) is 75.2 Å². The van der Waals surface area contributed by atoms with E-state index in [4.69, 9.17) is 9.72 Å². The first kappa shape index (κ1) is 21.1. The lowest BCUT2D eigenvalue weighted by Gasteiger charge is -2.44. The van der Waals surface area contributed by atoms with Gasteiger partial charge in [0.25, 0.3) is 0 Å². The maximum Gasteiger partial charge on any atom is 0.233 e. The fourth-order valence-electron chi connectivity index (χ4n) is 5.63. The van der Waals surface area contributed by atoms with Crippen molar-refractivity contribution >= 4 is 17.7 Å². The van der Waals surface area contributed by atoms with Gasteiger partial charge in [-0.25, -0.2) is 4.98 Å². The summed E-state index contributed by atoms with van der Waals surface area (Å²) in [5, 5.41) is 0.930.